The lowest BCUT2D eigenvalue weighted by molar-refractivity contribution is -0.119. The van der Waals surface area contributed by atoms with Gasteiger partial charge in [-0.25, -0.2) is 14.2 Å². The zero-order valence-corrected chi connectivity index (χ0v) is 13.3. The highest BCUT2D eigenvalue weighted by atomic mass is 35.5. The molecule has 22 heavy (non-hydrogen) atoms. The first-order valence-corrected chi connectivity index (χ1v) is 7.42. The van der Waals surface area contributed by atoms with E-state index in [9.17, 15) is 14.0 Å². The lowest BCUT2D eigenvalue weighted by Crippen LogP contribution is -2.21. The number of carbonyl (C=O) groups is 2. The maximum atomic E-state index is 13.5. The van der Waals surface area contributed by atoms with Gasteiger partial charge in [-0.3, -0.25) is 4.79 Å². The van der Waals surface area contributed by atoms with Crippen LogP contribution in [0.3, 0.4) is 0 Å². The second-order valence-electron chi connectivity index (χ2n) is 4.40. The molecule has 0 radical (unpaired) electrons. The highest BCUT2D eigenvalue weighted by Gasteiger charge is 2.17. The summed E-state index contributed by atoms with van der Waals surface area (Å²) >= 11 is 6.80. The monoisotopic (exact) mass is 342 g/mol. The minimum absolute atomic E-state index is 0.0322. The van der Waals surface area contributed by atoms with Crippen LogP contribution in [-0.4, -0.2) is 23.5 Å². The van der Waals surface area contributed by atoms with Crippen molar-refractivity contribution in [1.29, 1.82) is 0 Å². The highest BCUT2D eigenvalue weighted by Crippen LogP contribution is 2.19. The largest absolute Gasteiger partial charge is 0.451 e. The lowest BCUT2D eigenvalue weighted by atomic mass is 10.3. The molecular weight excluding hydrogens is 331 g/mol. The van der Waals surface area contributed by atoms with Crippen LogP contribution in [0.5, 0.6) is 0 Å². The van der Waals surface area contributed by atoms with E-state index in [1.165, 1.54) is 23.5 Å². The molecule has 0 aliphatic carbocycles. The van der Waals surface area contributed by atoms with E-state index in [-0.39, 0.29) is 10.7 Å². The molecule has 0 aliphatic rings. The first-order chi connectivity index (χ1) is 10.4. The van der Waals surface area contributed by atoms with Gasteiger partial charge in [0, 0.05) is 5.02 Å². The van der Waals surface area contributed by atoms with Gasteiger partial charge in [0.25, 0.3) is 5.91 Å². The van der Waals surface area contributed by atoms with Crippen LogP contribution in [0.1, 0.15) is 20.4 Å². The third kappa shape index (κ3) is 4.02. The molecule has 116 valence electrons. The molecule has 0 fully saturated rings. The summed E-state index contributed by atoms with van der Waals surface area (Å²) in [5.41, 5.74) is 0.520. The third-order valence-corrected chi connectivity index (χ3v) is 3.92. The molecule has 8 heteroatoms. The molecule has 5 nitrogen and oxygen atoms in total. The fraction of sp³-hybridized carbons (Fsp3) is 0.214. The van der Waals surface area contributed by atoms with Crippen molar-refractivity contribution in [3.8, 4) is 0 Å². The van der Waals surface area contributed by atoms with Crippen molar-refractivity contribution >= 4 is 40.5 Å². The Kier molecular flexibility index (Phi) is 5.10. The van der Waals surface area contributed by atoms with Crippen molar-refractivity contribution < 1.29 is 18.7 Å². The van der Waals surface area contributed by atoms with Crippen LogP contribution in [0.4, 0.5) is 10.1 Å². The van der Waals surface area contributed by atoms with Gasteiger partial charge in [-0.15, -0.1) is 11.3 Å². The van der Waals surface area contributed by atoms with E-state index in [1.807, 2.05) is 0 Å². The summed E-state index contributed by atoms with van der Waals surface area (Å²) in [5, 5.41) is 3.26. The molecule has 0 aliphatic heterocycles. The van der Waals surface area contributed by atoms with Crippen LogP contribution >= 0.6 is 22.9 Å². The molecule has 1 aromatic heterocycles. The summed E-state index contributed by atoms with van der Waals surface area (Å²) in [4.78, 5) is 28.0. The van der Waals surface area contributed by atoms with Gasteiger partial charge >= 0.3 is 5.97 Å². The van der Waals surface area contributed by atoms with E-state index in [0.29, 0.717) is 10.6 Å². The fourth-order valence-corrected chi connectivity index (χ4v) is 2.67. The van der Waals surface area contributed by atoms with Crippen molar-refractivity contribution in [2.45, 2.75) is 13.8 Å². The number of thiazole rings is 1. The van der Waals surface area contributed by atoms with Gasteiger partial charge in [0.1, 0.15) is 10.7 Å². The van der Waals surface area contributed by atoms with Crippen molar-refractivity contribution in [1.82, 2.24) is 4.98 Å². The number of benzene rings is 1. The molecule has 1 aromatic carbocycles. The standard InChI is InChI=1S/C14H12ClFN2O3S/c1-7-13(22-8(2)17-7)14(20)21-6-12(19)18-11-4-3-9(15)5-10(11)16/h3-5H,6H2,1-2H3,(H,18,19). The Hall–Kier alpha value is -1.99. The van der Waals surface area contributed by atoms with Crippen molar-refractivity contribution in [2.24, 2.45) is 0 Å². The number of halogens is 2. The molecule has 1 heterocycles. The number of ether oxygens (including phenoxy) is 1. The number of nitrogens with one attached hydrogen (secondary N) is 1. The quantitative estimate of drug-likeness (QED) is 0.865. The van der Waals surface area contributed by atoms with E-state index in [0.717, 1.165) is 11.1 Å². The van der Waals surface area contributed by atoms with Crippen LogP contribution < -0.4 is 5.32 Å². The molecule has 2 rings (SSSR count). The zero-order valence-electron chi connectivity index (χ0n) is 11.8. The molecule has 2 aromatic rings. The smallest absolute Gasteiger partial charge is 0.350 e. The number of hydrogen-bond donors (Lipinski definition) is 1. The van der Waals surface area contributed by atoms with Crippen molar-refractivity contribution in [3.05, 3.63) is 44.6 Å². The molecule has 0 saturated heterocycles. The normalized spacial score (nSPS) is 10.4. The summed E-state index contributed by atoms with van der Waals surface area (Å²) < 4.78 is 18.4. The summed E-state index contributed by atoms with van der Waals surface area (Å²) in [5.74, 6) is -1.94. The number of anilines is 1. The van der Waals surface area contributed by atoms with Crippen LogP contribution in [0.2, 0.25) is 5.02 Å². The SMILES string of the molecule is Cc1nc(C)c(C(=O)OCC(=O)Nc2ccc(Cl)cc2F)s1. The van der Waals surface area contributed by atoms with Gasteiger partial charge < -0.3 is 10.1 Å². The van der Waals surface area contributed by atoms with Crippen molar-refractivity contribution in [2.75, 3.05) is 11.9 Å². The van der Waals surface area contributed by atoms with Crippen LogP contribution in [0.15, 0.2) is 18.2 Å². The van der Waals surface area contributed by atoms with E-state index in [4.69, 9.17) is 16.3 Å². The molecule has 0 bridgehead atoms. The number of aromatic nitrogens is 1. The maximum absolute atomic E-state index is 13.5. The van der Waals surface area contributed by atoms with E-state index >= 15 is 0 Å². The predicted molar refractivity (Wildman–Crippen MR) is 81.9 cm³/mol. The Morgan fingerprint density at radius 3 is 2.73 bits per heavy atom. The number of carbonyl (C=O) groups excluding carboxylic acids is 2. The van der Waals surface area contributed by atoms with Gasteiger partial charge in [0.05, 0.1) is 16.4 Å². The van der Waals surface area contributed by atoms with Crippen molar-refractivity contribution in [3.63, 3.8) is 0 Å². The Bertz CT molecular complexity index is 733. The second-order valence-corrected chi connectivity index (χ2v) is 6.04. The zero-order chi connectivity index (χ0) is 16.3. The Morgan fingerprint density at radius 2 is 2.14 bits per heavy atom. The highest BCUT2D eigenvalue weighted by molar-refractivity contribution is 7.13. The Labute approximate surface area is 135 Å². The van der Waals surface area contributed by atoms with Gasteiger partial charge in [0.2, 0.25) is 0 Å². The van der Waals surface area contributed by atoms with Gasteiger partial charge in [-0.1, -0.05) is 11.6 Å². The first kappa shape index (κ1) is 16.4. The molecule has 0 spiro atoms. The molecular formula is C14H12ClFN2O3S. The van der Waals surface area contributed by atoms with Crippen LogP contribution in [0, 0.1) is 19.7 Å². The lowest BCUT2D eigenvalue weighted by Gasteiger charge is -2.07. The minimum atomic E-state index is -0.666. The van der Waals surface area contributed by atoms with E-state index < -0.39 is 24.3 Å². The molecule has 1 amide bonds. The summed E-state index contributed by atoms with van der Waals surface area (Å²) in [6.45, 7) is 2.94. The average molecular weight is 343 g/mol. The first-order valence-electron chi connectivity index (χ1n) is 6.23. The number of nitrogens with zero attached hydrogens (tertiary/aromatic N) is 1. The molecule has 0 saturated carbocycles. The predicted octanol–water partition coefficient (Wildman–Crippen LogP) is 3.35. The number of amides is 1. The molecule has 0 unspecified atom stereocenters. The second kappa shape index (κ2) is 6.85. The number of rotatable bonds is 4. The van der Waals surface area contributed by atoms with Crippen LogP contribution in [0.25, 0.3) is 0 Å². The third-order valence-electron chi connectivity index (χ3n) is 2.63. The number of hydrogen-bond acceptors (Lipinski definition) is 5. The van der Waals surface area contributed by atoms with Gasteiger partial charge in [-0.05, 0) is 32.0 Å². The topological polar surface area (TPSA) is 68.3 Å². The number of esters is 1. The number of aryl methyl sites for hydroxylation is 2. The van der Waals surface area contributed by atoms with E-state index in [2.05, 4.69) is 10.3 Å². The average Bonchev–Trinajstić information content (AvgIpc) is 2.78. The Balaban J connectivity index is 1.92. The molecule has 0 atom stereocenters. The summed E-state index contributed by atoms with van der Waals surface area (Å²) in [6.07, 6.45) is 0. The maximum Gasteiger partial charge on any atom is 0.350 e. The van der Waals surface area contributed by atoms with Crippen LogP contribution in [-0.2, 0) is 9.53 Å². The fourth-order valence-electron chi connectivity index (χ4n) is 1.69. The van der Waals surface area contributed by atoms with Gasteiger partial charge in [-0.2, -0.15) is 0 Å². The minimum Gasteiger partial charge on any atom is -0.451 e. The van der Waals surface area contributed by atoms with E-state index in [1.54, 1.807) is 13.8 Å². The van der Waals surface area contributed by atoms with Gasteiger partial charge in [0.15, 0.2) is 6.61 Å². The Morgan fingerprint density at radius 1 is 1.41 bits per heavy atom. The molecule has 1 N–H and O–H groups in total. The summed E-state index contributed by atoms with van der Waals surface area (Å²) in [7, 11) is 0. The summed E-state index contributed by atoms with van der Waals surface area (Å²) in [6, 6.07) is 3.84.